The van der Waals surface area contributed by atoms with Gasteiger partial charge in [0.2, 0.25) is 0 Å². The zero-order chi connectivity index (χ0) is 12.3. The summed E-state index contributed by atoms with van der Waals surface area (Å²) < 4.78 is 13.6. The zero-order valence-electron chi connectivity index (χ0n) is 10.2. The van der Waals surface area contributed by atoms with Gasteiger partial charge in [-0.2, -0.15) is 0 Å². The number of hydrogen-bond acceptors (Lipinski definition) is 1. The van der Waals surface area contributed by atoms with Crippen molar-refractivity contribution in [3.63, 3.8) is 0 Å². The standard InChI is InChI=1S/C14H19BrFN/c1-10(17-8-2-3-11-4-5-11)12-6-7-14(16)13(15)9-12/h6-7,9-11,17H,2-5,8H2,1H3. The highest BCUT2D eigenvalue weighted by Crippen LogP contribution is 2.33. The van der Waals surface area contributed by atoms with Crippen molar-refractivity contribution in [1.29, 1.82) is 0 Å². The Morgan fingerprint density at radius 2 is 2.24 bits per heavy atom. The van der Waals surface area contributed by atoms with Crippen LogP contribution in [-0.4, -0.2) is 6.54 Å². The fraction of sp³-hybridized carbons (Fsp3) is 0.571. The molecule has 0 saturated heterocycles. The molecular formula is C14H19BrFN. The minimum atomic E-state index is -0.199. The Labute approximate surface area is 111 Å². The minimum Gasteiger partial charge on any atom is -0.310 e. The van der Waals surface area contributed by atoms with Gasteiger partial charge in [-0.1, -0.05) is 18.9 Å². The number of benzene rings is 1. The Balaban J connectivity index is 1.76. The van der Waals surface area contributed by atoms with Crippen LogP contribution in [0.2, 0.25) is 0 Å². The van der Waals surface area contributed by atoms with Crippen LogP contribution in [-0.2, 0) is 0 Å². The van der Waals surface area contributed by atoms with Gasteiger partial charge in [0, 0.05) is 6.04 Å². The van der Waals surface area contributed by atoms with Crippen molar-refractivity contribution in [2.45, 2.75) is 38.6 Å². The summed E-state index contributed by atoms with van der Waals surface area (Å²) in [4.78, 5) is 0. The largest absolute Gasteiger partial charge is 0.310 e. The Bertz CT molecular complexity index is 376. The highest BCUT2D eigenvalue weighted by molar-refractivity contribution is 9.10. The molecule has 0 bridgehead atoms. The molecule has 1 N–H and O–H groups in total. The van der Waals surface area contributed by atoms with E-state index in [0.29, 0.717) is 4.47 Å². The van der Waals surface area contributed by atoms with Crippen molar-refractivity contribution in [3.8, 4) is 0 Å². The second-order valence-electron chi connectivity index (χ2n) is 4.93. The molecule has 17 heavy (non-hydrogen) atoms. The van der Waals surface area contributed by atoms with E-state index in [1.165, 1.54) is 31.7 Å². The highest BCUT2D eigenvalue weighted by atomic mass is 79.9. The molecule has 1 aromatic carbocycles. The molecule has 1 unspecified atom stereocenters. The van der Waals surface area contributed by atoms with Crippen LogP contribution in [0.15, 0.2) is 22.7 Å². The molecule has 1 saturated carbocycles. The molecule has 94 valence electrons. The third-order valence-electron chi connectivity index (χ3n) is 3.38. The lowest BCUT2D eigenvalue weighted by atomic mass is 10.1. The summed E-state index contributed by atoms with van der Waals surface area (Å²) in [5.41, 5.74) is 1.13. The van der Waals surface area contributed by atoms with Crippen LogP contribution in [0.3, 0.4) is 0 Å². The SMILES string of the molecule is CC(NCCCC1CC1)c1ccc(F)c(Br)c1. The van der Waals surface area contributed by atoms with Crippen molar-refractivity contribution in [1.82, 2.24) is 5.32 Å². The molecule has 1 aromatic rings. The summed E-state index contributed by atoms with van der Waals surface area (Å²) in [6.07, 6.45) is 5.46. The lowest BCUT2D eigenvalue weighted by Crippen LogP contribution is -2.20. The number of rotatable bonds is 6. The van der Waals surface area contributed by atoms with E-state index < -0.39 is 0 Å². The van der Waals surface area contributed by atoms with Crippen molar-refractivity contribution >= 4 is 15.9 Å². The first-order chi connectivity index (χ1) is 8.16. The van der Waals surface area contributed by atoms with Crippen molar-refractivity contribution in [2.75, 3.05) is 6.54 Å². The maximum Gasteiger partial charge on any atom is 0.137 e. The molecule has 0 heterocycles. The van der Waals surface area contributed by atoms with Crippen LogP contribution in [0, 0.1) is 11.7 Å². The van der Waals surface area contributed by atoms with Crippen molar-refractivity contribution in [2.24, 2.45) is 5.92 Å². The molecule has 1 aliphatic carbocycles. The molecule has 1 fully saturated rings. The third-order valence-corrected chi connectivity index (χ3v) is 3.99. The molecule has 2 rings (SSSR count). The van der Waals surface area contributed by atoms with Gasteiger partial charge in [0.15, 0.2) is 0 Å². The lowest BCUT2D eigenvalue weighted by molar-refractivity contribution is 0.531. The van der Waals surface area contributed by atoms with E-state index in [1.807, 2.05) is 12.1 Å². The molecule has 3 heteroatoms. The highest BCUT2D eigenvalue weighted by Gasteiger charge is 2.20. The summed E-state index contributed by atoms with van der Waals surface area (Å²) in [5.74, 6) is 0.807. The maximum absolute atomic E-state index is 13.1. The Kier molecular flexibility index (Phi) is 4.57. The molecule has 1 atom stereocenters. The third kappa shape index (κ3) is 4.07. The minimum absolute atomic E-state index is 0.199. The molecule has 0 spiro atoms. The van der Waals surface area contributed by atoms with Gasteiger partial charge in [0.05, 0.1) is 4.47 Å². The molecule has 0 aliphatic heterocycles. The van der Waals surface area contributed by atoms with Crippen molar-refractivity contribution < 1.29 is 4.39 Å². The quantitative estimate of drug-likeness (QED) is 0.766. The van der Waals surface area contributed by atoms with E-state index in [4.69, 9.17) is 0 Å². The van der Waals surface area contributed by atoms with E-state index in [-0.39, 0.29) is 11.9 Å². The zero-order valence-corrected chi connectivity index (χ0v) is 11.8. The predicted molar refractivity (Wildman–Crippen MR) is 72.5 cm³/mol. The molecule has 0 radical (unpaired) electrons. The van der Waals surface area contributed by atoms with Crippen LogP contribution in [0.1, 0.15) is 44.2 Å². The first kappa shape index (κ1) is 13.0. The predicted octanol–water partition coefficient (Wildman–Crippen LogP) is 4.43. The summed E-state index contributed by atoms with van der Waals surface area (Å²) >= 11 is 3.22. The second-order valence-corrected chi connectivity index (χ2v) is 5.79. The Morgan fingerprint density at radius 3 is 2.88 bits per heavy atom. The van der Waals surface area contributed by atoms with Crippen LogP contribution in [0.5, 0.6) is 0 Å². The summed E-state index contributed by atoms with van der Waals surface area (Å²) in [7, 11) is 0. The monoisotopic (exact) mass is 299 g/mol. The van der Waals surface area contributed by atoms with Gasteiger partial charge in [-0.15, -0.1) is 0 Å². The van der Waals surface area contributed by atoms with E-state index in [2.05, 4.69) is 28.2 Å². The first-order valence-electron chi connectivity index (χ1n) is 6.35. The van der Waals surface area contributed by atoms with Gasteiger partial charge in [-0.05, 0) is 65.9 Å². The summed E-state index contributed by atoms with van der Waals surface area (Å²) in [6, 6.07) is 5.50. The van der Waals surface area contributed by atoms with E-state index in [0.717, 1.165) is 18.0 Å². The second kappa shape index (κ2) is 5.96. The fourth-order valence-corrected chi connectivity index (χ4v) is 2.41. The van der Waals surface area contributed by atoms with Crippen LogP contribution < -0.4 is 5.32 Å². The maximum atomic E-state index is 13.1. The Hall–Kier alpha value is -0.410. The van der Waals surface area contributed by atoms with Gasteiger partial charge in [-0.25, -0.2) is 4.39 Å². The van der Waals surface area contributed by atoms with Gasteiger partial charge >= 0.3 is 0 Å². The summed E-state index contributed by atoms with van der Waals surface area (Å²) in [6.45, 7) is 3.17. The van der Waals surface area contributed by atoms with E-state index in [9.17, 15) is 4.39 Å². The number of halogens is 2. The normalized spacial score (nSPS) is 17.1. The average molecular weight is 300 g/mol. The Morgan fingerprint density at radius 1 is 1.47 bits per heavy atom. The molecule has 1 aliphatic rings. The number of nitrogens with one attached hydrogen (secondary N) is 1. The number of hydrogen-bond donors (Lipinski definition) is 1. The average Bonchev–Trinajstić information content (AvgIpc) is 3.12. The van der Waals surface area contributed by atoms with Crippen LogP contribution in [0.4, 0.5) is 4.39 Å². The molecule has 1 nitrogen and oxygen atoms in total. The lowest BCUT2D eigenvalue weighted by Gasteiger charge is -2.14. The molecule has 0 aromatic heterocycles. The molecular weight excluding hydrogens is 281 g/mol. The summed E-state index contributed by atoms with van der Waals surface area (Å²) in [5, 5.41) is 3.49. The van der Waals surface area contributed by atoms with Gasteiger partial charge in [-0.3, -0.25) is 0 Å². The fourth-order valence-electron chi connectivity index (χ4n) is 2.02. The van der Waals surface area contributed by atoms with E-state index in [1.54, 1.807) is 0 Å². The van der Waals surface area contributed by atoms with Crippen molar-refractivity contribution in [3.05, 3.63) is 34.1 Å². The van der Waals surface area contributed by atoms with Crippen LogP contribution in [0.25, 0.3) is 0 Å². The van der Waals surface area contributed by atoms with Crippen LogP contribution >= 0.6 is 15.9 Å². The van der Waals surface area contributed by atoms with Gasteiger partial charge in [0.25, 0.3) is 0 Å². The molecule has 0 amide bonds. The first-order valence-corrected chi connectivity index (χ1v) is 7.14. The smallest absolute Gasteiger partial charge is 0.137 e. The topological polar surface area (TPSA) is 12.0 Å². The van der Waals surface area contributed by atoms with Gasteiger partial charge in [0.1, 0.15) is 5.82 Å². The van der Waals surface area contributed by atoms with Gasteiger partial charge < -0.3 is 5.32 Å². The van der Waals surface area contributed by atoms with E-state index >= 15 is 0 Å².